The minimum atomic E-state index is -0.637. The Morgan fingerprint density at radius 1 is 1.19 bits per heavy atom. The van der Waals surface area contributed by atoms with Gasteiger partial charge < -0.3 is 31.0 Å². The van der Waals surface area contributed by atoms with Crippen molar-refractivity contribution >= 4 is 24.2 Å². The summed E-state index contributed by atoms with van der Waals surface area (Å²) in [6.07, 6.45) is 0. The van der Waals surface area contributed by atoms with Gasteiger partial charge in [0.25, 0.3) is 11.8 Å². The topological polar surface area (TPSA) is 126 Å². The molecule has 8 nitrogen and oxygen atoms in total. The lowest BCUT2D eigenvalue weighted by atomic mass is 9.88. The molecule has 1 rings (SSSR count). The second-order valence-electron chi connectivity index (χ2n) is 6.20. The van der Waals surface area contributed by atoms with Crippen molar-refractivity contribution in [3.05, 3.63) is 17.7 Å². The molecule has 0 aliphatic rings. The number of carbonyl (C=O) groups excluding carboxylic acids is 2. The SMILES string of the molecule is COc1cc(C(=O)NC(C)(CN)C(C)C)cc(OC)c1OCC(N)=O.Cl. The fourth-order valence-corrected chi connectivity index (χ4v) is 2.06. The summed E-state index contributed by atoms with van der Waals surface area (Å²) in [6.45, 7) is 5.81. The molecule has 0 saturated carbocycles. The normalized spacial score (nSPS) is 12.6. The van der Waals surface area contributed by atoms with Crippen molar-refractivity contribution in [2.45, 2.75) is 26.3 Å². The number of halogens is 1. The van der Waals surface area contributed by atoms with Crippen molar-refractivity contribution < 1.29 is 23.8 Å². The highest BCUT2D eigenvalue weighted by atomic mass is 35.5. The first-order valence-corrected chi connectivity index (χ1v) is 7.88. The third kappa shape index (κ3) is 5.67. The van der Waals surface area contributed by atoms with Crippen molar-refractivity contribution in [1.29, 1.82) is 0 Å². The highest BCUT2D eigenvalue weighted by Crippen LogP contribution is 2.38. The van der Waals surface area contributed by atoms with Crippen LogP contribution in [0.15, 0.2) is 12.1 Å². The molecule has 1 atom stereocenters. The quantitative estimate of drug-likeness (QED) is 0.580. The molecule has 26 heavy (non-hydrogen) atoms. The maximum Gasteiger partial charge on any atom is 0.255 e. The van der Waals surface area contributed by atoms with Gasteiger partial charge in [0.2, 0.25) is 5.75 Å². The summed E-state index contributed by atoms with van der Waals surface area (Å²) in [5.41, 5.74) is 10.7. The van der Waals surface area contributed by atoms with Crippen LogP contribution in [0.3, 0.4) is 0 Å². The number of hydrogen-bond acceptors (Lipinski definition) is 6. The molecule has 0 aliphatic carbocycles. The minimum Gasteiger partial charge on any atom is -0.493 e. The van der Waals surface area contributed by atoms with E-state index in [-0.39, 0.29) is 48.1 Å². The van der Waals surface area contributed by atoms with Gasteiger partial charge in [-0.05, 0) is 25.0 Å². The van der Waals surface area contributed by atoms with Crippen LogP contribution < -0.4 is 31.0 Å². The maximum absolute atomic E-state index is 12.6. The fourth-order valence-electron chi connectivity index (χ4n) is 2.06. The van der Waals surface area contributed by atoms with Gasteiger partial charge in [-0.15, -0.1) is 12.4 Å². The molecule has 1 aromatic rings. The number of carbonyl (C=O) groups is 2. The summed E-state index contributed by atoms with van der Waals surface area (Å²) in [4.78, 5) is 23.6. The summed E-state index contributed by atoms with van der Waals surface area (Å²) in [5, 5.41) is 2.94. The Morgan fingerprint density at radius 3 is 2.04 bits per heavy atom. The van der Waals surface area contributed by atoms with E-state index in [0.717, 1.165) is 0 Å². The summed E-state index contributed by atoms with van der Waals surface area (Å²) in [7, 11) is 2.84. The van der Waals surface area contributed by atoms with Gasteiger partial charge in [0, 0.05) is 12.1 Å². The molecule has 0 heterocycles. The van der Waals surface area contributed by atoms with E-state index < -0.39 is 11.4 Å². The lowest BCUT2D eigenvalue weighted by Crippen LogP contribution is -2.55. The maximum atomic E-state index is 12.6. The van der Waals surface area contributed by atoms with Crippen LogP contribution >= 0.6 is 12.4 Å². The number of ether oxygens (including phenoxy) is 3. The van der Waals surface area contributed by atoms with Crippen LogP contribution in [0.4, 0.5) is 0 Å². The standard InChI is InChI=1S/C17H27N3O5.ClH/c1-10(2)17(3,9-18)20-16(22)11-6-12(23-4)15(13(7-11)24-5)25-8-14(19)21;/h6-7,10H,8-9,18H2,1-5H3,(H2,19,21)(H,20,22);1H. The van der Waals surface area contributed by atoms with E-state index in [4.69, 9.17) is 25.7 Å². The van der Waals surface area contributed by atoms with Gasteiger partial charge in [0.15, 0.2) is 18.1 Å². The summed E-state index contributed by atoms with van der Waals surface area (Å²) >= 11 is 0. The van der Waals surface area contributed by atoms with E-state index in [1.54, 1.807) is 0 Å². The lowest BCUT2D eigenvalue weighted by molar-refractivity contribution is -0.120. The van der Waals surface area contributed by atoms with Gasteiger partial charge >= 0.3 is 0 Å². The van der Waals surface area contributed by atoms with E-state index in [1.807, 2.05) is 20.8 Å². The average Bonchev–Trinajstić information content (AvgIpc) is 2.58. The van der Waals surface area contributed by atoms with Crippen molar-refractivity contribution in [3.63, 3.8) is 0 Å². The number of nitrogens with one attached hydrogen (secondary N) is 1. The molecule has 148 valence electrons. The van der Waals surface area contributed by atoms with Crippen LogP contribution in [-0.2, 0) is 4.79 Å². The monoisotopic (exact) mass is 389 g/mol. The molecule has 2 amide bonds. The lowest BCUT2D eigenvalue weighted by Gasteiger charge is -2.33. The van der Waals surface area contributed by atoms with Crippen LogP contribution in [0.5, 0.6) is 17.2 Å². The molecule has 0 bridgehead atoms. The zero-order valence-corrected chi connectivity index (χ0v) is 16.6. The Kier molecular flexibility index (Phi) is 9.23. The Morgan fingerprint density at radius 2 is 1.69 bits per heavy atom. The van der Waals surface area contributed by atoms with Crippen LogP contribution in [0, 0.1) is 5.92 Å². The first kappa shape index (κ1) is 23.8. The van der Waals surface area contributed by atoms with Gasteiger partial charge in [-0.2, -0.15) is 0 Å². The van der Waals surface area contributed by atoms with E-state index in [9.17, 15) is 9.59 Å². The smallest absolute Gasteiger partial charge is 0.255 e. The molecule has 0 spiro atoms. The Labute approximate surface area is 159 Å². The summed E-state index contributed by atoms with van der Waals surface area (Å²) < 4.78 is 15.8. The molecule has 0 saturated heterocycles. The Balaban J connectivity index is 0.00000625. The number of primary amides is 1. The number of rotatable bonds is 9. The fraction of sp³-hybridized carbons (Fsp3) is 0.529. The molecule has 1 aromatic carbocycles. The summed E-state index contributed by atoms with van der Waals surface area (Å²) in [5.74, 6) is -0.106. The van der Waals surface area contributed by atoms with E-state index in [0.29, 0.717) is 12.1 Å². The molecule has 0 aromatic heterocycles. The number of hydrogen-bond donors (Lipinski definition) is 3. The van der Waals surface area contributed by atoms with Crippen LogP contribution in [-0.4, -0.2) is 44.7 Å². The van der Waals surface area contributed by atoms with Crippen molar-refractivity contribution in [2.24, 2.45) is 17.4 Å². The van der Waals surface area contributed by atoms with Crippen molar-refractivity contribution in [2.75, 3.05) is 27.4 Å². The molecule has 9 heteroatoms. The third-order valence-electron chi connectivity index (χ3n) is 4.18. The van der Waals surface area contributed by atoms with Crippen molar-refractivity contribution in [3.8, 4) is 17.2 Å². The molecule has 0 aliphatic heterocycles. The number of amides is 2. The van der Waals surface area contributed by atoms with Gasteiger partial charge in [-0.3, -0.25) is 9.59 Å². The van der Waals surface area contributed by atoms with Crippen LogP contribution in [0.25, 0.3) is 0 Å². The van der Waals surface area contributed by atoms with Gasteiger partial charge in [0.05, 0.1) is 19.8 Å². The number of methoxy groups -OCH3 is 2. The molecule has 1 unspecified atom stereocenters. The number of benzene rings is 1. The molecule has 0 radical (unpaired) electrons. The first-order valence-electron chi connectivity index (χ1n) is 7.88. The molecular weight excluding hydrogens is 362 g/mol. The van der Waals surface area contributed by atoms with Gasteiger partial charge in [0.1, 0.15) is 0 Å². The highest BCUT2D eigenvalue weighted by molar-refractivity contribution is 5.96. The number of nitrogens with two attached hydrogens (primary N) is 2. The van der Waals surface area contributed by atoms with Crippen LogP contribution in [0.2, 0.25) is 0 Å². The average molecular weight is 390 g/mol. The van der Waals surface area contributed by atoms with Crippen LogP contribution in [0.1, 0.15) is 31.1 Å². The predicted octanol–water partition coefficient (Wildman–Crippen LogP) is 1.09. The Hall–Kier alpha value is -2.19. The molecule has 5 N–H and O–H groups in total. The van der Waals surface area contributed by atoms with E-state index in [2.05, 4.69) is 5.32 Å². The highest BCUT2D eigenvalue weighted by Gasteiger charge is 2.29. The van der Waals surface area contributed by atoms with Crippen molar-refractivity contribution in [1.82, 2.24) is 5.32 Å². The van der Waals surface area contributed by atoms with E-state index >= 15 is 0 Å². The third-order valence-corrected chi connectivity index (χ3v) is 4.18. The molecule has 0 fully saturated rings. The zero-order valence-electron chi connectivity index (χ0n) is 15.8. The minimum absolute atomic E-state index is 0. The van der Waals surface area contributed by atoms with E-state index in [1.165, 1.54) is 26.4 Å². The second kappa shape index (κ2) is 10.1. The molecular formula is C17H28ClN3O5. The predicted molar refractivity (Wildman–Crippen MR) is 101 cm³/mol. The van der Waals surface area contributed by atoms with Gasteiger partial charge in [-0.25, -0.2) is 0 Å². The summed E-state index contributed by atoms with van der Waals surface area (Å²) in [6, 6.07) is 3.01. The first-order chi connectivity index (χ1) is 11.7. The Bertz CT molecular complexity index is 614. The largest absolute Gasteiger partial charge is 0.493 e. The van der Waals surface area contributed by atoms with Gasteiger partial charge in [-0.1, -0.05) is 13.8 Å². The zero-order chi connectivity index (χ0) is 19.2. The second-order valence-corrected chi connectivity index (χ2v) is 6.20.